The topological polar surface area (TPSA) is 69.0 Å². The molecule has 6 nitrogen and oxygen atoms in total. The molecule has 1 unspecified atom stereocenters. The van der Waals surface area contributed by atoms with Crippen molar-refractivity contribution in [1.29, 1.82) is 0 Å². The monoisotopic (exact) mass is 376 g/mol. The molecule has 28 heavy (non-hydrogen) atoms. The molecule has 1 N–H and O–H groups in total. The van der Waals surface area contributed by atoms with Crippen molar-refractivity contribution in [2.75, 3.05) is 11.9 Å². The minimum absolute atomic E-state index is 0.119. The highest BCUT2D eigenvalue weighted by atomic mass is 16.5. The van der Waals surface area contributed by atoms with Crippen molar-refractivity contribution in [1.82, 2.24) is 15.0 Å². The fourth-order valence-corrected chi connectivity index (χ4v) is 3.49. The Kier molecular flexibility index (Phi) is 5.48. The highest BCUT2D eigenvalue weighted by Gasteiger charge is 2.16. The molecule has 1 saturated heterocycles. The highest BCUT2D eigenvalue weighted by Crippen LogP contribution is 2.25. The summed E-state index contributed by atoms with van der Waals surface area (Å²) in [6.45, 7) is 3.58. The van der Waals surface area contributed by atoms with Gasteiger partial charge >= 0.3 is 0 Å². The van der Waals surface area contributed by atoms with Gasteiger partial charge in [0.1, 0.15) is 5.69 Å². The number of ether oxygens (including phenoxy) is 1. The fraction of sp³-hybridized carbons (Fsp3) is 0.318. The van der Waals surface area contributed by atoms with E-state index in [0.717, 1.165) is 48.5 Å². The third-order valence-corrected chi connectivity index (χ3v) is 5.00. The van der Waals surface area contributed by atoms with Crippen LogP contribution in [0.25, 0.3) is 11.3 Å². The summed E-state index contributed by atoms with van der Waals surface area (Å²) < 4.78 is 7.64. The van der Waals surface area contributed by atoms with Gasteiger partial charge in [0, 0.05) is 23.4 Å². The van der Waals surface area contributed by atoms with Crippen molar-refractivity contribution in [3.05, 3.63) is 65.9 Å². The van der Waals surface area contributed by atoms with Crippen LogP contribution in [0.2, 0.25) is 0 Å². The number of amides is 1. The van der Waals surface area contributed by atoms with Gasteiger partial charge in [-0.3, -0.25) is 4.79 Å². The van der Waals surface area contributed by atoms with Crippen LogP contribution in [-0.4, -0.2) is 33.6 Å². The van der Waals surface area contributed by atoms with Crippen LogP contribution in [0.1, 0.15) is 35.2 Å². The number of rotatable bonds is 5. The molecular weight excluding hydrogens is 352 g/mol. The zero-order valence-electron chi connectivity index (χ0n) is 16.0. The molecule has 144 valence electrons. The molecule has 2 aromatic carbocycles. The summed E-state index contributed by atoms with van der Waals surface area (Å²) in [6.07, 6.45) is 5.61. The van der Waals surface area contributed by atoms with Crippen LogP contribution in [0.4, 0.5) is 5.69 Å². The first kappa shape index (κ1) is 18.4. The number of benzene rings is 2. The predicted octanol–water partition coefficient (Wildman–Crippen LogP) is 4.07. The molecule has 4 rings (SSSR count). The summed E-state index contributed by atoms with van der Waals surface area (Å²) in [5.74, 6) is -0.119. The first-order valence-electron chi connectivity index (χ1n) is 9.68. The molecule has 2 heterocycles. The second kappa shape index (κ2) is 8.35. The number of hydrogen-bond acceptors (Lipinski definition) is 4. The maximum Gasteiger partial charge on any atom is 0.255 e. The SMILES string of the molecule is Cc1cc(NC(=O)c2ccccc2)ccc1-c1cn(CC2CCCCO2)nn1. The van der Waals surface area contributed by atoms with E-state index in [1.54, 1.807) is 12.1 Å². The normalized spacial score (nSPS) is 16.7. The van der Waals surface area contributed by atoms with E-state index >= 15 is 0 Å². The summed E-state index contributed by atoms with van der Waals surface area (Å²) in [5, 5.41) is 11.5. The van der Waals surface area contributed by atoms with Crippen molar-refractivity contribution in [2.24, 2.45) is 0 Å². The Morgan fingerprint density at radius 3 is 2.82 bits per heavy atom. The summed E-state index contributed by atoms with van der Waals surface area (Å²) in [6, 6.07) is 15.0. The van der Waals surface area contributed by atoms with Crippen LogP contribution < -0.4 is 5.32 Å². The Bertz CT molecular complexity index is 946. The van der Waals surface area contributed by atoms with Gasteiger partial charge in [-0.05, 0) is 56.0 Å². The number of hydrogen-bond donors (Lipinski definition) is 1. The molecule has 1 aliphatic rings. The Morgan fingerprint density at radius 1 is 1.21 bits per heavy atom. The van der Waals surface area contributed by atoms with Crippen molar-refractivity contribution in [2.45, 2.75) is 38.8 Å². The van der Waals surface area contributed by atoms with Gasteiger partial charge in [-0.2, -0.15) is 0 Å². The lowest BCUT2D eigenvalue weighted by atomic mass is 10.1. The van der Waals surface area contributed by atoms with Gasteiger partial charge in [0.05, 0.1) is 18.8 Å². The van der Waals surface area contributed by atoms with E-state index in [0.29, 0.717) is 5.56 Å². The number of nitrogens with zero attached hydrogens (tertiary/aromatic N) is 3. The largest absolute Gasteiger partial charge is 0.376 e. The predicted molar refractivity (Wildman–Crippen MR) is 108 cm³/mol. The molecule has 1 amide bonds. The lowest BCUT2D eigenvalue weighted by Crippen LogP contribution is -2.24. The van der Waals surface area contributed by atoms with E-state index in [-0.39, 0.29) is 12.0 Å². The molecule has 0 radical (unpaired) electrons. The Balaban J connectivity index is 1.45. The first-order valence-corrected chi connectivity index (χ1v) is 9.68. The maximum absolute atomic E-state index is 12.3. The molecule has 1 aliphatic heterocycles. The summed E-state index contributed by atoms with van der Waals surface area (Å²) >= 11 is 0. The lowest BCUT2D eigenvalue weighted by Gasteiger charge is -2.21. The van der Waals surface area contributed by atoms with Crippen molar-refractivity contribution >= 4 is 11.6 Å². The highest BCUT2D eigenvalue weighted by molar-refractivity contribution is 6.04. The second-order valence-electron chi connectivity index (χ2n) is 7.16. The van der Waals surface area contributed by atoms with Crippen LogP contribution in [-0.2, 0) is 11.3 Å². The summed E-state index contributed by atoms with van der Waals surface area (Å²) in [4.78, 5) is 12.3. The lowest BCUT2D eigenvalue weighted by molar-refractivity contribution is 0.00370. The first-order chi connectivity index (χ1) is 13.7. The Labute approximate surface area is 164 Å². The zero-order chi connectivity index (χ0) is 19.3. The average Bonchev–Trinajstić information content (AvgIpc) is 3.17. The van der Waals surface area contributed by atoms with Crippen molar-refractivity contribution in [3.8, 4) is 11.3 Å². The van der Waals surface area contributed by atoms with Crippen LogP contribution in [0.3, 0.4) is 0 Å². The van der Waals surface area contributed by atoms with Gasteiger partial charge in [-0.15, -0.1) is 5.10 Å². The van der Waals surface area contributed by atoms with E-state index in [1.165, 1.54) is 6.42 Å². The fourth-order valence-electron chi connectivity index (χ4n) is 3.49. The maximum atomic E-state index is 12.3. The van der Waals surface area contributed by atoms with Gasteiger partial charge in [-0.1, -0.05) is 29.5 Å². The van der Waals surface area contributed by atoms with Crippen LogP contribution in [0.15, 0.2) is 54.7 Å². The van der Waals surface area contributed by atoms with Crippen molar-refractivity contribution in [3.63, 3.8) is 0 Å². The molecule has 0 spiro atoms. The minimum atomic E-state index is -0.119. The molecule has 0 saturated carbocycles. The zero-order valence-corrected chi connectivity index (χ0v) is 16.0. The van der Waals surface area contributed by atoms with E-state index in [9.17, 15) is 4.79 Å². The smallest absolute Gasteiger partial charge is 0.255 e. The second-order valence-corrected chi connectivity index (χ2v) is 7.16. The molecular formula is C22H24N4O2. The molecule has 1 atom stereocenters. The third-order valence-electron chi connectivity index (χ3n) is 5.00. The molecule has 0 bridgehead atoms. The number of aromatic nitrogens is 3. The van der Waals surface area contributed by atoms with Gasteiger partial charge < -0.3 is 10.1 Å². The quantitative estimate of drug-likeness (QED) is 0.729. The molecule has 1 aromatic heterocycles. The average molecular weight is 376 g/mol. The van der Waals surface area contributed by atoms with Crippen LogP contribution in [0.5, 0.6) is 0 Å². The number of aryl methyl sites for hydroxylation is 1. The van der Waals surface area contributed by atoms with Crippen molar-refractivity contribution < 1.29 is 9.53 Å². The van der Waals surface area contributed by atoms with Crippen LogP contribution in [0, 0.1) is 6.92 Å². The standard InChI is InChI=1S/C22H24N4O2/c1-16-13-18(23-22(27)17-7-3-2-4-8-17)10-11-20(16)21-15-26(25-24-21)14-19-9-5-6-12-28-19/h2-4,7-8,10-11,13,15,19H,5-6,9,12,14H2,1H3,(H,23,27). The Hall–Kier alpha value is -2.99. The molecule has 0 aliphatic carbocycles. The van der Waals surface area contributed by atoms with Gasteiger partial charge in [0.25, 0.3) is 5.91 Å². The molecule has 1 fully saturated rings. The minimum Gasteiger partial charge on any atom is -0.376 e. The van der Waals surface area contributed by atoms with Gasteiger partial charge in [0.2, 0.25) is 0 Å². The van der Waals surface area contributed by atoms with Gasteiger partial charge in [-0.25, -0.2) is 4.68 Å². The number of anilines is 1. The van der Waals surface area contributed by atoms with Gasteiger partial charge in [0.15, 0.2) is 0 Å². The molecule has 3 aromatic rings. The number of carbonyl (C=O) groups excluding carboxylic acids is 1. The third kappa shape index (κ3) is 4.28. The Morgan fingerprint density at radius 2 is 2.07 bits per heavy atom. The number of carbonyl (C=O) groups is 1. The molecule has 6 heteroatoms. The number of nitrogens with one attached hydrogen (secondary N) is 1. The summed E-state index contributed by atoms with van der Waals surface area (Å²) in [5.41, 5.74) is 4.27. The summed E-state index contributed by atoms with van der Waals surface area (Å²) in [7, 11) is 0. The van der Waals surface area contributed by atoms with E-state index in [2.05, 4.69) is 15.6 Å². The van der Waals surface area contributed by atoms with E-state index in [1.807, 2.05) is 54.2 Å². The van der Waals surface area contributed by atoms with Crippen LogP contribution >= 0.6 is 0 Å². The van der Waals surface area contributed by atoms with E-state index in [4.69, 9.17) is 4.74 Å². The van der Waals surface area contributed by atoms with E-state index < -0.39 is 0 Å².